The molecule has 7 heteroatoms. The quantitative estimate of drug-likeness (QED) is 0.626. The molecule has 0 saturated carbocycles. The van der Waals surface area contributed by atoms with Crippen molar-refractivity contribution in [2.75, 3.05) is 18.8 Å². The summed E-state index contributed by atoms with van der Waals surface area (Å²) in [6.45, 7) is 6.12. The highest BCUT2D eigenvalue weighted by Crippen LogP contribution is 2.19. The molecule has 4 rings (SSSR count). The zero-order valence-corrected chi connectivity index (χ0v) is 18.3. The highest BCUT2D eigenvalue weighted by Gasteiger charge is 2.16. The van der Waals surface area contributed by atoms with Crippen molar-refractivity contribution in [1.82, 2.24) is 20.0 Å². The van der Waals surface area contributed by atoms with E-state index in [1.54, 1.807) is 24.3 Å². The number of rotatable bonds is 6. The van der Waals surface area contributed by atoms with Gasteiger partial charge in [0.05, 0.1) is 11.9 Å². The van der Waals surface area contributed by atoms with Crippen molar-refractivity contribution in [3.63, 3.8) is 0 Å². The summed E-state index contributed by atoms with van der Waals surface area (Å²) in [6.07, 6.45) is 4.04. The fourth-order valence-corrected chi connectivity index (χ4v) is 4.14. The number of amides is 1. The van der Waals surface area contributed by atoms with Gasteiger partial charge in [0, 0.05) is 25.2 Å². The standard InChI is InChI=1S/C25H28N6O/c1-18-3-2-12-30(16-18)17-20-6-4-19(5-7-20)14-28-25(32)21-8-10-23(11-9-21)31-24(27)22(13-26)15-29-31/h4-11,15,18H,2-3,12,14,16-17,27H2,1H3,(H,28,32). The van der Waals surface area contributed by atoms with E-state index in [0.717, 1.165) is 18.0 Å². The van der Waals surface area contributed by atoms with Crippen molar-refractivity contribution in [2.45, 2.75) is 32.9 Å². The van der Waals surface area contributed by atoms with Crippen LogP contribution in [-0.4, -0.2) is 33.7 Å². The fraction of sp³-hybridized carbons (Fsp3) is 0.320. The van der Waals surface area contributed by atoms with E-state index in [4.69, 9.17) is 11.0 Å². The topological polar surface area (TPSA) is 100.0 Å². The van der Waals surface area contributed by atoms with Gasteiger partial charge in [-0.05, 0) is 60.7 Å². The highest BCUT2D eigenvalue weighted by molar-refractivity contribution is 5.94. The van der Waals surface area contributed by atoms with Crippen LogP contribution in [0.5, 0.6) is 0 Å². The predicted molar refractivity (Wildman–Crippen MR) is 124 cm³/mol. The second-order valence-corrected chi connectivity index (χ2v) is 8.50. The number of nitrogens with two attached hydrogens (primary N) is 1. The molecule has 1 atom stereocenters. The Morgan fingerprint density at radius 2 is 1.91 bits per heavy atom. The largest absolute Gasteiger partial charge is 0.382 e. The first-order valence-electron chi connectivity index (χ1n) is 11.0. The van der Waals surface area contributed by atoms with E-state index in [0.29, 0.717) is 23.4 Å². The Labute approximate surface area is 188 Å². The summed E-state index contributed by atoms with van der Waals surface area (Å²) in [5.74, 6) is 0.913. The molecule has 7 nitrogen and oxygen atoms in total. The van der Waals surface area contributed by atoms with Crippen LogP contribution in [0, 0.1) is 17.2 Å². The fourth-order valence-electron chi connectivity index (χ4n) is 4.14. The lowest BCUT2D eigenvalue weighted by Crippen LogP contribution is -2.33. The molecule has 0 radical (unpaired) electrons. The van der Waals surface area contributed by atoms with Gasteiger partial charge in [-0.15, -0.1) is 0 Å². The number of hydrogen-bond acceptors (Lipinski definition) is 5. The molecule has 0 bridgehead atoms. The SMILES string of the molecule is CC1CCCN(Cc2ccc(CNC(=O)c3ccc(-n4ncc(C#N)c4N)cc3)cc2)C1. The lowest BCUT2D eigenvalue weighted by atomic mass is 9.99. The normalized spacial score (nSPS) is 16.4. The summed E-state index contributed by atoms with van der Waals surface area (Å²) in [5, 5.41) is 16.1. The second kappa shape index (κ2) is 9.67. The monoisotopic (exact) mass is 428 g/mol. The van der Waals surface area contributed by atoms with E-state index in [2.05, 4.69) is 46.5 Å². The van der Waals surface area contributed by atoms with Crippen molar-refractivity contribution in [1.29, 1.82) is 5.26 Å². The average Bonchev–Trinajstić information content (AvgIpc) is 3.19. The summed E-state index contributed by atoms with van der Waals surface area (Å²) in [6, 6.07) is 17.4. The van der Waals surface area contributed by atoms with E-state index in [1.807, 2.05) is 6.07 Å². The first kappa shape index (κ1) is 21.6. The van der Waals surface area contributed by atoms with Crippen LogP contribution >= 0.6 is 0 Å². The number of piperidine rings is 1. The first-order valence-corrected chi connectivity index (χ1v) is 11.0. The number of nitrogens with one attached hydrogen (secondary N) is 1. The average molecular weight is 429 g/mol. The Hall–Kier alpha value is -3.63. The van der Waals surface area contributed by atoms with Gasteiger partial charge in [0.2, 0.25) is 0 Å². The van der Waals surface area contributed by atoms with Crippen LogP contribution < -0.4 is 11.1 Å². The number of likely N-dealkylation sites (tertiary alicyclic amines) is 1. The van der Waals surface area contributed by atoms with Crippen LogP contribution in [0.25, 0.3) is 5.69 Å². The molecule has 2 heterocycles. The molecule has 1 saturated heterocycles. The Bertz CT molecular complexity index is 1110. The third-order valence-electron chi connectivity index (χ3n) is 5.92. The van der Waals surface area contributed by atoms with Crippen LogP contribution in [0.4, 0.5) is 5.82 Å². The molecule has 1 aliphatic rings. The smallest absolute Gasteiger partial charge is 0.251 e. The van der Waals surface area contributed by atoms with Crippen molar-refractivity contribution in [3.8, 4) is 11.8 Å². The lowest BCUT2D eigenvalue weighted by Gasteiger charge is -2.30. The maximum Gasteiger partial charge on any atom is 0.251 e. The summed E-state index contributed by atoms with van der Waals surface area (Å²) in [4.78, 5) is 15.1. The van der Waals surface area contributed by atoms with Gasteiger partial charge in [-0.1, -0.05) is 31.2 Å². The van der Waals surface area contributed by atoms with Crippen molar-refractivity contribution >= 4 is 11.7 Å². The Morgan fingerprint density at radius 1 is 1.19 bits per heavy atom. The zero-order valence-electron chi connectivity index (χ0n) is 18.3. The Kier molecular flexibility index (Phi) is 6.52. The van der Waals surface area contributed by atoms with Gasteiger partial charge in [-0.3, -0.25) is 9.69 Å². The number of aromatic nitrogens is 2. The molecule has 1 aliphatic heterocycles. The predicted octanol–water partition coefficient (Wildman–Crippen LogP) is 3.49. The highest BCUT2D eigenvalue weighted by atomic mass is 16.1. The van der Waals surface area contributed by atoms with Gasteiger partial charge in [0.15, 0.2) is 0 Å². The van der Waals surface area contributed by atoms with Crippen molar-refractivity contribution < 1.29 is 4.79 Å². The Morgan fingerprint density at radius 3 is 2.56 bits per heavy atom. The van der Waals surface area contributed by atoms with E-state index in [-0.39, 0.29) is 11.7 Å². The summed E-state index contributed by atoms with van der Waals surface area (Å²) in [7, 11) is 0. The summed E-state index contributed by atoms with van der Waals surface area (Å²) < 4.78 is 1.48. The Balaban J connectivity index is 1.31. The minimum absolute atomic E-state index is 0.144. The number of anilines is 1. The van der Waals surface area contributed by atoms with Crippen molar-refractivity contribution in [2.24, 2.45) is 5.92 Å². The molecule has 1 unspecified atom stereocenters. The van der Waals surface area contributed by atoms with Gasteiger partial charge < -0.3 is 11.1 Å². The van der Waals surface area contributed by atoms with E-state index >= 15 is 0 Å². The van der Waals surface area contributed by atoms with Crippen LogP contribution in [0.1, 0.15) is 46.8 Å². The molecule has 1 fully saturated rings. The molecular weight excluding hydrogens is 400 g/mol. The maximum absolute atomic E-state index is 12.5. The van der Waals surface area contributed by atoms with Gasteiger partial charge in [-0.2, -0.15) is 10.4 Å². The van der Waals surface area contributed by atoms with Crippen LogP contribution in [0.15, 0.2) is 54.7 Å². The molecule has 3 aromatic rings. The van der Waals surface area contributed by atoms with Crippen LogP contribution in [-0.2, 0) is 13.1 Å². The number of benzene rings is 2. The minimum Gasteiger partial charge on any atom is -0.382 e. The van der Waals surface area contributed by atoms with Gasteiger partial charge >= 0.3 is 0 Å². The van der Waals surface area contributed by atoms with Crippen molar-refractivity contribution in [3.05, 3.63) is 77.0 Å². The van der Waals surface area contributed by atoms with E-state index in [1.165, 1.54) is 42.4 Å². The van der Waals surface area contributed by atoms with Gasteiger partial charge in [0.1, 0.15) is 17.5 Å². The molecule has 2 aromatic carbocycles. The van der Waals surface area contributed by atoms with Crippen LogP contribution in [0.2, 0.25) is 0 Å². The molecule has 1 amide bonds. The maximum atomic E-state index is 12.5. The first-order chi connectivity index (χ1) is 15.5. The number of nitrogen functional groups attached to an aromatic ring is 1. The van der Waals surface area contributed by atoms with Gasteiger partial charge in [-0.25, -0.2) is 4.68 Å². The third-order valence-corrected chi connectivity index (χ3v) is 5.92. The number of nitriles is 1. The molecule has 0 spiro atoms. The number of nitrogens with zero attached hydrogens (tertiary/aromatic N) is 4. The zero-order chi connectivity index (χ0) is 22.5. The lowest BCUT2D eigenvalue weighted by molar-refractivity contribution is 0.0951. The summed E-state index contributed by atoms with van der Waals surface area (Å²) >= 11 is 0. The summed E-state index contributed by atoms with van der Waals surface area (Å²) in [5.41, 5.74) is 9.86. The minimum atomic E-state index is -0.144. The molecule has 0 aliphatic carbocycles. The molecule has 3 N–H and O–H groups in total. The molecule has 164 valence electrons. The van der Waals surface area contributed by atoms with Crippen LogP contribution in [0.3, 0.4) is 0 Å². The molecule has 1 aromatic heterocycles. The molecule has 32 heavy (non-hydrogen) atoms. The van der Waals surface area contributed by atoms with E-state index in [9.17, 15) is 4.79 Å². The van der Waals surface area contributed by atoms with E-state index < -0.39 is 0 Å². The molecular formula is C25H28N6O. The van der Waals surface area contributed by atoms with Gasteiger partial charge in [0.25, 0.3) is 5.91 Å². The second-order valence-electron chi connectivity index (χ2n) is 8.50. The number of hydrogen-bond donors (Lipinski definition) is 2. The number of carbonyl (C=O) groups excluding carboxylic acids is 1. The third kappa shape index (κ3) is 4.98. The number of carbonyl (C=O) groups is 1.